The van der Waals surface area contributed by atoms with Crippen LogP contribution in [0.3, 0.4) is 0 Å². The van der Waals surface area contributed by atoms with E-state index >= 15 is 0 Å². The fourth-order valence-corrected chi connectivity index (χ4v) is 4.51. The lowest BCUT2D eigenvalue weighted by Gasteiger charge is -2.37. The van der Waals surface area contributed by atoms with Crippen LogP contribution in [0.1, 0.15) is 67.7 Å². The molecule has 0 rings (SSSR count). The van der Waals surface area contributed by atoms with Crippen LogP contribution in [-0.2, 0) is 9.71 Å². The summed E-state index contributed by atoms with van der Waals surface area (Å²) < 4.78 is 14.4. The van der Waals surface area contributed by atoms with Gasteiger partial charge in [-0.25, -0.2) is 4.31 Å². The summed E-state index contributed by atoms with van der Waals surface area (Å²) in [6, 6.07) is 0. The van der Waals surface area contributed by atoms with Crippen molar-refractivity contribution in [1.82, 2.24) is 4.31 Å². The zero-order valence-corrected chi connectivity index (χ0v) is 15.2. The molecule has 0 aliphatic heterocycles. The molecule has 0 heterocycles. The van der Waals surface area contributed by atoms with Gasteiger partial charge in [0.2, 0.25) is 0 Å². The van der Waals surface area contributed by atoms with Crippen molar-refractivity contribution in [3.05, 3.63) is 0 Å². The minimum absolute atomic E-state index is 0.0863. The average molecular weight is 290 g/mol. The van der Waals surface area contributed by atoms with Gasteiger partial charge in [0, 0.05) is 28.0 Å². The summed E-state index contributed by atoms with van der Waals surface area (Å²) in [6.45, 7) is 16.4. The molecule has 0 saturated heterocycles. The van der Waals surface area contributed by atoms with E-state index in [1.807, 2.05) is 0 Å². The van der Waals surface area contributed by atoms with Crippen LogP contribution >= 0.6 is 0 Å². The van der Waals surface area contributed by atoms with Gasteiger partial charge < -0.3 is 0 Å². The molecule has 0 radical (unpaired) electrons. The molecule has 0 aliphatic rings. The van der Waals surface area contributed by atoms with Crippen molar-refractivity contribution in [2.75, 3.05) is 12.8 Å². The predicted molar refractivity (Wildman–Crippen MR) is 90.1 cm³/mol. The zero-order chi connectivity index (χ0) is 15.5. The Morgan fingerprint density at radius 3 is 1.89 bits per heavy atom. The first-order valence-corrected chi connectivity index (χ1v) is 9.49. The molecule has 0 saturated carbocycles. The van der Waals surface area contributed by atoms with Crippen LogP contribution in [0.4, 0.5) is 0 Å². The van der Waals surface area contributed by atoms with Gasteiger partial charge in [0.1, 0.15) is 0 Å². The number of hydrogen-bond acceptors (Lipinski definition) is 1. The normalized spacial score (nSPS) is 18.4. The zero-order valence-electron chi connectivity index (χ0n) is 14.4. The average Bonchev–Trinajstić information content (AvgIpc) is 2.11. The summed E-state index contributed by atoms with van der Waals surface area (Å²) in [5, 5.41) is 0. The molecule has 2 nitrogen and oxygen atoms in total. The summed E-state index contributed by atoms with van der Waals surface area (Å²) in [7, 11) is -2.13. The van der Waals surface area contributed by atoms with Gasteiger partial charge >= 0.3 is 0 Å². The van der Waals surface area contributed by atoms with Gasteiger partial charge in [-0.3, -0.25) is 4.21 Å². The highest BCUT2D eigenvalue weighted by molar-refractivity contribution is 7.97. The Morgan fingerprint density at radius 1 is 1.16 bits per heavy atom. The van der Waals surface area contributed by atoms with Gasteiger partial charge in [0.15, 0.2) is 0 Å². The van der Waals surface area contributed by atoms with Crippen LogP contribution in [0.15, 0.2) is 0 Å². The van der Waals surface area contributed by atoms with Gasteiger partial charge in [0.05, 0.1) is 0 Å². The van der Waals surface area contributed by atoms with Crippen LogP contribution in [0.2, 0.25) is 0 Å². The van der Waals surface area contributed by atoms with Crippen molar-refractivity contribution in [3.8, 4) is 0 Å². The maximum absolute atomic E-state index is 12.3. The van der Waals surface area contributed by atoms with E-state index in [0.717, 1.165) is 18.9 Å². The van der Waals surface area contributed by atoms with Crippen molar-refractivity contribution in [2.24, 2.45) is 11.3 Å². The lowest BCUT2D eigenvalue weighted by Crippen LogP contribution is -2.45. The molecule has 0 bridgehead atoms. The fourth-order valence-electron chi connectivity index (χ4n) is 2.84. The Hall–Kier alpha value is -0.0200. The third-order valence-corrected chi connectivity index (χ3v) is 5.51. The second-order valence-electron chi connectivity index (χ2n) is 7.85. The van der Waals surface area contributed by atoms with Crippen LogP contribution in [0, 0.1) is 11.3 Å². The Kier molecular flexibility index (Phi) is 6.61. The lowest BCUT2D eigenvalue weighted by molar-refractivity contribution is 0.197. The van der Waals surface area contributed by atoms with Crippen molar-refractivity contribution >= 4 is 15.6 Å². The molecule has 0 aromatic heterocycles. The second kappa shape index (κ2) is 6.62. The van der Waals surface area contributed by atoms with Gasteiger partial charge in [-0.1, -0.05) is 34.1 Å². The fraction of sp³-hybridized carbons (Fsp3) is 0.938. The van der Waals surface area contributed by atoms with Crippen molar-refractivity contribution < 1.29 is 4.21 Å². The van der Waals surface area contributed by atoms with Gasteiger partial charge in [-0.15, -0.1) is 0 Å². The third-order valence-electron chi connectivity index (χ3n) is 3.85. The largest absolute Gasteiger partial charge is 0.253 e. The first-order valence-electron chi connectivity index (χ1n) is 7.40. The number of hydrogen-bond donors (Lipinski definition) is 0. The molecule has 0 fully saturated rings. The summed E-state index contributed by atoms with van der Waals surface area (Å²) >= 11 is 0. The molecule has 0 N–H and O–H groups in total. The van der Waals surface area contributed by atoms with E-state index in [2.05, 4.69) is 58.6 Å². The minimum Gasteiger partial charge on any atom is -0.253 e. The quantitative estimate of drug-likeness (QED) is 0.671. The monoisotopic (exact) mass is 289 g/mol. The maximum Gasteiger partial charge on any atom is 0.0250 e. The number of rotatable bonds is 6. The summed E-state index contributed by atoms with van der Waals surface area (Å²) in [5.74, 6) is 4.59. The van der Waals surface area contributed by atoms with E-state index in [-0.39, 0.29) is 5.54 Å². The molecule has 116 valence electrons. The van der Waals surface area contributed by atoms with Crippen molar-refractivity contribution in [1.29, 1.82) is 0 Å². The highest BCUT2D eigenvalue weighted by Crippen LogP contribution is 2.32. The lowest BCUT2D eigenvalue weighted by atomic mass is 9.76. The number of nitrogens with zero attached hydrogens (tertiary/aromatic N) is 1. The molecule has 0 spiro atoms. The van der Waals surface area contributed by atoms with E-state index in [4.69, 9.17) is 0 Å². The first-order chi connectivity index (χ1) is 8.30. The van der Waals surface area contributed by atoms with E-state index in [9.17, 15) is 4.21 Å². The van der Waals surface area contributed by atoms with E-state index in [1.54, 1.807) is 6.26 Å². The Bertz CT molecular complexity index is 357. The smallest absolute Gasteiger partial charge is 0.0250 e. The van der Waals surface area contributed by atoms with Gasteiger partial charge in [-0.05, 0) is 50.8 Å². The highest BCUT2D eigenvalue weighted by atomic mass is 32.2. The molecular formula is C16H35NOS. The minimum atomic E-state index is -2.13. The standard InChI is InChI=1S/C16H35NOS/c1-10-14(15(2,3)4)12-11-13-17(16(5,6)7)19(8,9)18/h14H,8,10-13H2,1-7,9H3. The maximum atomic E-state index is 12.3. The summed E-state index contributed by atoms with van der Waals surface area (Å²) in [5.41, 5.74) is 0.274. The molecule has 0 amide bonds. The highest BCUT2D eigenvalue weighted by Gasteiger charge is 2.27. The molecule has 2 unspecified atom stereocenters. The Balaban J connectivity index is 4.61. The SMILES string of the molecule is C=S(C)(=O)N(CCCC(CC)C(C)(C)C)C(C)(C)C. The topological polar surface area (TPSA) is 20.3 Å². The summed E-state index contributed by atoms with van der Waals surface area (Å²) in [4.78, 5) is 0. The molecule has 0 aliphatic carbocycles. The molecule has 3 heteroatoms. The van der Waals surface area contributed by atoms with Crippen LogP contribution in [0.5, 0.6) is 0 Å². The summed E-state index contributed by atoms with van der Waals surface area (Å²) in [6.07, 6.45) is 5.25. The van der Waals surface area contributed by atoms with Gasteiger partial charge in [0.25, 0.3) is 0 Å². The van der Waals surface area contributed by atoms with Crippen molar-refractivity contribution in [2.45, 2.75) is 73.3 Å². The van der Waals surface area contributed by atoms with E-state index in [1.165, 1.54) is 12.8 Å². The molecule has 0 aromatic rings. The first kappa shape index (κ1) is 19.0. The third kappa shape index (κ3) is 6.80. The van der Waals surface area contributed by atoms with Crippen molar-refractivity contribution in [3.63, 3.8) is 0 Å². The second-order valence-corrected chi connectivity index (χ2v) is 10.2. The van der Waals surface area contributed by atoms with Crippen LogP contribution in [0.25, 0.3) is 0 Å². The molecule has 2 atom stereocenters. The van der Waals surface area contributed by atoms with Crippen LogP contribution in [-0.4, -0.2) is 32.7 Å². The van der Waals surface area contributed by atoms with Gasteiger partial charge in [-0.2, -0.15) is 0 Å². The molecule has 19 heavy (non-hydrogen) atoms. The Labute approximate surface area is 122 Å². The molecule has 0 aromatic carbocycles. The Morgan fingerprint density at radius 2 is 1.63 bits per heavy atom. The van der Waals surface area contributed by atoms with Crippen LogP contribution < -0.4 is 0 Å². The predicted octanol–water partition coefficient (Wildman–Crippen LogP) is 4.20. The van der Waals surface area contributed by atoms with E-state index < -0.39 is 9.71 Å². The van der Waals surface area contributed by atoms with E-state index in [0.29, 0.717) is 5.41 Å². The molecular weight excluding hydrogens is 254 g/mol.